The van der Waals surface area contributed by atoms with Crippen LogP contribution in [0, 0.1) is 13.8 Å². The van der Waals surface area contributed by atoms with Crippen molar-refractivity contribution in [3.8, 4) is 17.1 Å². The summed E-state index contributed by atoms with van der Waals surface area (Å²) in [4.78, 5) is 26.5. The van der Waals surface area contributed by atoms with E-state index in [1.807, 2.05) is 62.0 Å². The molecule has 8 nitrogen and oxygen atoms in total. The van der Waals surface area contributed by atoms with Crippen LogP contribution in [0.25, 0.3) is 11.3 Å². The second-order valence-electron chi connectivity index (χ2n) is 8.36. The zero-order chi connectivity index (χ0) is 22.8. The average Bonchev–Trinajstić information content (AvgIpc) is 3.41. The lowest BCUT2D eigenvalue weighted by Gasteiger charge is -2.26. The van der Waals surface area contributed by atoms with Crippen molar-refractivity contribution in [2.24, 2.45) is 0 Å². The van der Waals surface area contributed by atoms with Crippen LogP contribution in [0.4, 0.5) is 5.95 Å². The highest BCUT2D eigenvalue weighted by molar-refractivity contribution is 5.80. The molecule has 1 aromatic carbocycles. The average molecular weight is 436 g/mol. The van der Waals surface area contributed by atoms with Crippen molar-refractivity contribution < 1.29 is 14.1 Å². The molecule has 1 aliphatic heterocycles. The molecule has 8 heteroatoms. The SMILES string of the molecule is COc1ccc(CC(=O)N2CCC[C@H]2c2nc(N(C)C)ncc2-c2onc(C)c2C)cc1. The first kappa shape index (κ1) is 21.8. The molecule has 0 N–H and O–H groups in total. The van der Waals surface area contributed by atoms with Gasteiger partial charge in [0.1, 0.15) is 5.75 Å². The van der Waals surface area contributed by atoms with Crippen LogP contribution in [0.3, 0.4) is 0 Å². The van der Waals surface area contributed by atoms with E-state index >= 15 is 0 Å². The molecule has 0 radical (unpaired) electrons. The van der Waals surface area contributed by atoms with Crippen molar-refractivity contribution in [3.63, 3.8) is 0 Å². The minimum Gasteiger partial charge on any atom is -0.497 e. The van der Waals surface area contributed by atoms with Gasteiger partial charge in [-0.3, -0.25) is 4.79 Å². The molecule has 1 saturated heterocycles. The molecule has 0 spiro atoms. The summed E-state index contributed by atoms with van der Waals surface area (Å²) in [6.45, 7) is 4.60. The number of nitrogens with zero attached hydrogens (tertiary/aromatic N) is 5. The van der Waals surface area contributed by atoms with E-state index in [1.165, 1.54) is 0 Å². The van der Waals surface area contributed by atoms with Crippen molar-refractivity contribution in [2.75, 3.05) is 32.6 Å². The van der Waals surface area contributed by atoms with Crippen molar-refractivity contribution in [1.82, 2.24) is 20.0 Å². The minimum atomic E-state index is -0.137. The van der Waals surface area contributed by atoms with Gasteiger partial charge in [-0.2, -0.15) is 0 Å². The van der Waals surface area contributed by atoms with Crippen LogP contribution in [-0.2, 0) is 11.2 Å². The maximum atomic E-state index is 13.3. The molecule has 32 heavy (non-hydrogen) atoms. The molecule has 2 aromatic heterocycles. The largest absolute Gasteiger partial charge is 0.497 e. The van der Waals surface area contributed by atoms with Gasteiger partial charge < -0.3 is 19.1 Å². The van der Waals surface area contributed by atoms with Gasteiger partial charge in [0.05, 0.1) is 36.5 Å². The normalized spacial score (nSPS) is 15.8. The van der Waals surface area contributed by atoms with Crippen LogP contribution in [0.2, 0.25) is 0 Å². The molecular formula is C24H29N5O3. The van der Waals surface area contributed by atoms with Crippen LogP contribution in [0.5, 0.6) is 5.75 Å². The number of aryl methyl sites for hydroxylation is 1. The third-order valence-corrected chi connectivity index (χ3v) is 6.01. The maximum Gasteiger partial charge on any atom is 0.227 e. The summed E-state index contributed by atoms with van der Waals surface area (Å²) >= 11 is 0. The monoisotopic (exact) mass is 435 g/mol. The van der Waals surface area contributed by atoms with E-state index < -0.39 is 0 Å². The predicted molar refractivity (Wildman–Crippen MR) is 122 cm³/mol. The van der Waals surface area contributed by atoms with E-state index in [9.17, 15) is 4.79 Å². The number of carbonyl (C=O) groups is 1. The summed E-state index contributed by atoms with van der Waals surface area (Å²) < 4.78 is 10.9. The van der Waals surface area contributed by atoms with Crippen molar-refractivity contribution >= 4 is 11.9 Å². The molecule has 1 amide bonds. The van der Waals surface area contributed by atoms with Gasteiger partial charge in [0.2, 0.25) is 11.9 Å². The number of methoxy groups -OCH3 is 1. The second kappa shape index (κ2) is 8.98. The molecule has 3 heterocycles. The number of aromatic nitrogens is 3. The molecule has 1 aliphatic rings. The van der Waals surface area contributed by atoms with Gasteiger partial charge in [-0.05, 0) is 44.4 Å². The Kier molecular flexibility index (Phi) is 6.12. The number of hydrogen-bond acceptors (Lipinski definition) is 7. The molecule has 3 aromatic rings. The number of ether oxygens (including phenoxy) is 1. The Balaban J connectivity index is 1.68. The highest BCUT2D eigenvalue weighted by atomic mass is 16.5. The van der Waals surface area contributed by atoms with Gasteiger partial charge in [0, 0.05) is 32.4 Å². The standard InChI is InChI=1S/C24H29N5O3/c1-15-16(2)27-32-23(15)19-14-25-24(28(3)4)26-22(19)20-7-6-12-29(20)21(30)13-17-8-10-18(31-5)11-9-17/h8-11,14,20H,6-7,12-13H2,1-5H3/t20-/m0/s1. The number of rotatable bonds is 6. The van der Waals surface area contributed by atoms with Gasteiger partial charge in [-0.25, -0.2) is 9.97 Å². The topological polar surface area (TPSA) is 84.6 Å². The summed E-state index contributed by atoms with van der Waals surface area (Å²) in [5.74, 6) is 2.13. The first-order valence-electron chi connectivity index (χ1n) is 10.8. The molecular weight excluding hydrogens is 406 g/mol. The lowest BCUT2D eigenvalue weighted by molar-refractivity contribution is -0.131. The van der Waals surface area contributed by atoms with E-state index in [-0.39, 0.29) is 11.9 Å². The van der Waals surface area contributed by atoms with Gasteiger partial charge >= 0.3 is 0 Å². The van der Waals surface area contributed by atoms with Crippen LogP contribution in [-0.4, -0.2) is 53.7 Å². The Morgan fingerprint density at radius 3 is 2.62 bits per heavy atom. The van der Waals surface area contributed by atoms with Crippen molar-refractivity contribution in [1.29, 1.82) is 0 Å². The smallest absolute Gasteiger partial charge is 0.227 e. The van der Waals surface area contributed by atoms with Crippen molar-refractivity contribution in [3.05, 3.63) is 53.0 Å². The number of carbonyl (C=O) groups excluding carboxylic acids is 1. The summed E-state index contributed by atoms with van der Waals surface area (Å²) in [6, 6.07) is 7.49. The summed E-state index contributed by atoms with van der Waals surface area (Å²) in [7, 11) is 5.45. The van der Waals surface area contributed by atoms with Crippen LogP contribution in [0.15, 0.2) is 35.0 Å². The Morgan fingerprint density at radius 2 is 2.00 bits per heavy atom. The number of benzene rings is 1. The molecule has 1 atom stereocenters. The van der Waals surface area contributed by atoms with Gasteiger partial charge in [0.15, 0.2) is 5.76 Å². The molecule has 0 aliphatic carbocycles. The minimum absolute atomic E-state index is 0.0825. The number of likely N-dealkylation sites (tertiary alicyclic amines) is 1. The van der Waals surface area contributed by atoms with E-state index in [1.54, 1.807) is 13.3 Å². The Morgan fingerprint density at radius 1 is 1.25 bits per heavy atom. The summed E-state index contributed by atoms with van der Waals surface area (Å²) in [6.07, 6.45) is 3.89. The number of hydrogen-bond donors (Lipinski definition) is 0. The Labute approximate surface area is 188 Å². The Bertz CT molecular complexity index is 1110. The highest BCUT2D eigenvalue weighted by Crippen LogP contribution is 2.38. The Hall–Kier alpha value is -3.42. The molecule has 0 bridgehead atoms. The zero-order valence-electron chi connectivity index (χ0n) is 19.3. The van der Waals surface area contributed by atoms with Gasteiger partial charge in [0.25, 0.3) is 0 Å². The third-order valence-electron chi connectivity index (χ3n) is 6.01. The van der Waals surface area contributed by atoms with E-state index in [2.05, 4.69) is 10.1 Å². The predicted octanol–water partition coefficient (Wildman–Crippen LogP) is 3.73. The third kappa shape index (κ3) is 4.17. The fraction of sp³-hybridized carbons (Fsp3) is 0.417. The van der Waals surface area contributed by atoms with Crippen LogP contribution >= 0.6 is 0 Å². The zero-order valence-corrected chi connectivity index (χ0v) is 19.3. The first-order valence-corrected chi connectivity index (χ1v) is 10.8. The second-order valence-corrected chi connectivity index (χ2v) is 8.36. The lowest BCUT2D eigenvalue weighted by Crippen LogP contribution is -2.32. The molecule has 0 unspecified atom stereocenters. The highest BCUT2D eigenvalue weighted by Gasteiger charge is 2.34. The molecule has 168 valence electrons. The maximum absolute atomic E-state index is 13.3. The summed E-state index contributed by atoms with van der Waals surface area (Å²) in [5.41, 5.74) is 4.36. The lowest BCUT2D eigenvalue weighted by atomic mass is 10.0. The first-order chi connectivity index (χ1) is 15.4. The number of anilines is 1. The number of amides is 1. The fourth-order valence-corrected chi connectivity index (χ4v) is 4.07. The van der Waals surface area contributed by atoms with E-state index in [4.69, 9.17) is 14.2 Å². The quantitative estimate of drug-likeness (QED) is 0.583. The van der Waals surface area contributed by atoms with Crippen LogP contribution in [0.1, 0.15) is 41.4 Å². The van der Waals surface area contributed by atoms with E-state index in [0.717, 1.165) is 46.7 Å². The fourth-order valence-electron chi connectivity index (χ4n) is 4.07. The van der Waals surface area contributed by atoms with Crippen molar-refractivity contribution in [2.45, 2.75) is 39.2 Å². The molecule has 1 fully saturated rings. The van der Waals surface area contributed by atoms with Gasteiger partial charge in [-0.15, -0.1) is 0 Å². The van der Waals surface area contributed by atoms with Gasteiger partial charge in [-0.1, -0.05) is 17.3 Å². The summed E-state index contributed by atoms with van der Waals surface area (Å²) in [5, 5.41) is 4.11. The molecule has 0 saturated carbocycles. The molecule has 4 rings (SSSR count). The van der Waals surface area contributed by atoms with E-state index in [0.29, 0.717) is 24.7 Å². The van der Waals surface area contributed by atoms with Crippen LogP contribution < -0.4 is 9.64 Å².